The zero-order chi connectivity index (χ0) is 22.1. The normalized spacial score (nSPS) is 33.0. The second kappa shape index (κ2) is 7.31. The molecule has 32 heavy (non-hydrogen) atoms. The molecule has 172 valence electrons. The Hall–Kier alpha value is -1.88. The van der Waals surface area contributed by atoms with Gasteiger partial charge in [0.1, 0.15) is 0 Å². The maximum Gasteiger partial charge on any atom is 0.320 e. The third-order valence-electron chi connectivity index (χ3n) is 9.61. The molecular formula is C27H37N3O2. The van der Waals surface area contributed by atoms with E-state index in [-0.39, 0.29) is 29.0 Å². The average molecular weight is 436 g/mol. The molecule has 5 heteroatoms. The molecule has 3 fully saturated rings. The molecule has 3 atom stereocenters. The van der Waals surface area contributed by atoms with Gasteiger partial charge >= 0.3 is 6.03 Å². The number of carbonyl (C=O) groups excluding carboxylic acids is 1. The largest absolute Gasteiger partial charge is 0.372 e. The van der Waals surface area contributed by atoms with E-state index >= 15 is 0 Å². The Labute approximate surface area is 192 Å². The summed E-state index contributed by atoms with van der Waals surface area (Å²) in [5.74, 6) is 0. The van der Waals surface area contributed by atoms with Gasteiger partial charge < -0.3 is 14.5 Å². The molecule has 5 aliphatic rings. The van der Waals surface area contributed by atoms with Crippen molar-refractivity contribution < 1.29 is 9.53 Å². The van der Waals surface area contributed by atoms with Gasteiger partial charge in [-0.2, -0.15) is 0 Å². The molecule has 4 heterocycles. The van der Waals surface area contributed by atoms with Gasteiger partial charge in [-0.05, 0) is 73.1 Å². The number of piperidine rings is 2. The molecule has 0 radical (unpaired) electrons. The van der Waals surface area contributed by atoms with Crippen LogP contribution in [0, 0.1) is 5.41 Å². The van der Waals surface area contributed by atoms with E-state index in [1.807, 2.05) is 0 Å². The summed E-state index contributed by atoms with van der Waals surface area (Å²) in [6.07, 6.45) is 8.91. The number of benzene rings is 1. The fourth-order valence-corrected chi connectivity index (χ4v) is 7.16. The highest BCUT2D eigenvalue weighted by atomic mass is 16.5. The van der Waals surface area contributed by atoms with Crippen LogP contribution in [0.5, 0.6) is 0 Å². The Balaban J connectivity index is 1.34. The van der Waals surface area contributed by atoms with Gasteiger partial charge in [-0.25, -0.2) is 4.79 Å². The number of amides is 2. The number of hydrogen-bond donors (Lipinski definition) is 0. The van der Waals surface area contributed by atoms with E-state index in [1.54, 1.807) is 0 Å². The van der Waals surface area contributed by atoms with E-state index in [4.69, 9.17) is 9.73 Å². The second-order valence-electron chi connectivity index (χ2n) is 11.5. The topological polar surface area (TPSA) is 45.1 Å². The van der Waals surface area contributed by atoms with E-state index in [0.717, 1.165) is 76.9 Å². The lowest BCUT2D eigenvalue weighted by Gasteiger charge is -2.61. The average Bonchev–Trinajstić information content (AvgIpc) is 3.45. The molecule has 5 nitrogen and oxygen atoms in total. The minimum atomic E-state index is 0.0254. The fraction of sp³-hybridized carbons (Fsp3) is 0.704. The van der Waals surface area contributed by atoms with Gasteiger partial charge in [-0.1, -0.05) is 26.8 Å². The zero-order valence-electron chi connectivity index (χ0n) is 20.0. The van der Waals surface area contributed by atoms with Crippen LogP contribution >= 0.6 is 0 Å². The number of rotatable bonds is 1. The van der Waals surface area contributed by atoms with Crippen molar-refractivity contribution in [3.8, 4) is 0 Å². The van der Waals surface area contributed by atoms with Crippen LogP contribution in [0.4, 0.5) is 10.5 Å². The first-order valence-corrected chi connectivity index (χ1v) is 12.8. The Morgan fingerprint density at radius 1 is 1.06 bits per heavy atom. The minimum Gasteiger partial charge on any atom is -0.372 e. The lowest BCUT2D eigenvalue weighted by molar-refractivity contribution is -0.0242. The van der Waals surface area contributed by atoms with Crippen LogP contribution in [0.1, 0.15) is 76.0 Å². The number of aliphatic imine (C=N–C) groups is 1. The molecule has 6 rings (SSSR count). The van der Waals surface area contributed by atoms with E-state index in [1.165, 1.54) is 28.8 Å². The number of nitrogens with zero attached hydrogens (tertiary/aromatic N) is 3. The second-order valence-corrected chi connectivity index (χ2v) is 11.5. The SMILES string of the molecule is CC1(C)[C@H]2Cc3cc4c(cc3[C@]1(C)CCN2C(=O)N1CCCCC1)N=C([C@@H]1CCCO1)C4. The van der Waals surface area contributed by atoms with Gasteiger partial charge in [0.25, 0.3) is 0 Å². The highest BCUT2D eigenvalue weighted by molar-refractivity contribution is 5.97. The molecule has 0 saturated carbocycles. The predicted molar refractivity (Wildman–Crippen MR) is 127 cm³/mol. The molecule has 2 amide bonds. The van der Waals surface area contributed by atoms with E-state index < -0.39 is 0 Å². The number of ether oxygens (including phenoxy) is 1. The van der Waals surface area contributed by atoms with Crippen molar-refractivity contribution in [3.63, 3.8) is 0 Å². The lowest BCUT2D eigenvalue weighted by atomic mass is 9.51. The summed E-state index contributed by atoms with van der Waals surface area (Å²) in [5, 5.41) is 0. The fourth-order valence-electron chi connectivity index (χ4n) is 7.16. The standard InChI is InChI=1S/C27H37N3O2/c1-26(2)24-16-18-14-19-15-22(23-8-7-13-32-23)28-21(19)17-20(18)27(26,3)9-12-30(24)25(31)29-10-5-4-6-11-29/h14,17,23-24H,4-13,15-16H2,1-3H3/t23-,24+,27-/m0/s1. The van der Waals surface area contributed by atoms with E-state index in [2.05, 4.69) is 42.7 Å². The first-order valence-electron chi connectivity index (χ1n) is 12.8. The van der Waals surface area contributed by atoms with Crippen LogP contribution in [0.15, 0.2) is 17.1 Å². The number of carbonyl (C=O) groups is 1. The predicted octanol–water partition coefficient (Wildman–Crippen LogP) is 5.01. The number of likely N-dealkylation sites (tertiary alicyclic amines) is 2. The quantitative estimate of drug-likeness (QED) is 0.622. The molecule has 0 unspecified atom stereocenters. The Morgan fingerprint density at radius 3 is 2.62 bits per heavy atom. The minimum absolute atomic E-state index is 0.0254. The number of urea groups is 1. The van der Waals surface area contributed by atoms with Crippen LogP contribution < -0.4 is 0 Å². The van der Waals surface area contributed by atoms with E-state index in [0.29, 0.717) is 0 Å². The van der Waals surface area contributed by atoms with Crippen molar-refractivity contribution in [1.29, 1.82) is 0 Å². The van der Waals surface area contributed by atoms with E-state index in [9.17, 15) is 4.79 Å². The molecular weight excluding hydrogens is 398 g/mol. The number of hydrogen-bond acceptors (Lipinski definition) is 3. The molecule has 2 bridgehead atoms. The highest BCUT2D eigenvalue weighted by Gasteiger charge is 2.57. The lowest BCUT2D eigenvalue weighted by Crippen LogP contribution is -2.66. The Morgan fingerprint density at radius 2 is 1.88 bits per heavy atom. The number of fused-ring (bicyclic) bond motifs is 5. The maximum atomic E-state index is 13.6. The molecule has 3 saturated heterocycles. The smallest absolute Gasteiger partial charge is 0.320 e. The van der Waals surface area contributed by atoms with Gasteiger partial charge in [0.15, 0.2) is 0 Å². The van der Waals surface area contributed by atoms with Gasteiger partial charge in [0, 0.05) is 44.1 Å². The summed E-state index contributed by atoms with van der Waals surface area (Å²) in [5.41, 5.74) is 6.73. The van der Waals surface area contributed by atoms with Crippen molar-refractivity contribution in [2.75, 3.05) is 26.2 Å². The van der Waals surface area contributed by atoms with Gasteiger partial charge in [0.05, 0.1) is 17.5 Å². The Kier molecular flexibility index (Phi) is 4.73. The summed E-state index contributed by atoms with van der Waals surface area (Å²) in [6, 6.07) is 5.35. The van der Waals surface area contributed by atoms with Crippen molar-refractivity contribution in [2.24, 2.45) is 10.4 Å². The summed E-state index contributed by atoms with van der Waals surface area (Å²) in [6.45, 7) is 10.8. The molecule has 1 aromatic carbocycles. The zero-order valence-corrected chi connectivity index (χ0v) is 20.0. The summed E-state index contributed by atoms with van der Waals surface area (Å²) in [7, 11) is 0. The molecule has 1 aromatic rings. The molecule has 0 aromatic heterocycles. The molecule has 0 spiro atoms. The van der Waals surface area contributed by atoms with Crippen molar-refractivity contribution in [3.05, 3.63) is 28.8 Å². The molecule has 4 aliphatic heterocycles. The maximum absolute atomic E-state index is 13.6. The van der Waals surface area contributed by atoms with Crippen molar-refractivity contribution in [1.82, 2.24) is 9.80 Å². The van der Waals surface area contributed by atoms with Crippen LogP contribution in [0.2, 0.25) is 0 Å². The van der Waals surface area contributed by atoms with Gasteiger partial charge in [0.2, 0.25) is 0 Å². The third-order valence-corrected chi connectivity index (χ3v) is 9.61. The van der Waals surface area contributed by atoms with Crippen LogP contribution in [-0.4, -0.2) is 59.9 Å². The first-order chi connectivity index (χ1) is 15.4. The summed E-state index contributed by atoms with van der Waals surface area (Å²) >= 11 is 0. The van der Waals surface area contributed by atoms with Crippen LogP contribution in [0.3, 0.4) is 0 Å². The van der Waals surface area contributed by atoms with Crippen molar-refractivity contribution in [2.45, 2.75) is 89.7 Å². The first kappa shape index (κ1) is 20.7. The van der Waals surface area contributed by atoms with Gasteiger partial charge in [-0.3, -0.25) is 4.99 Å². The third kappa shape index (κ3) is 2.92. The summed E-state index contributed by atoms with van der Waals surface area (Å²) < 4.78 is 5.93. The monoisotopic (exact) mass is 435 g/mol. The molecule has 1 aliphatic carbocycles. The molecule has 0 N–H and O–H groups in total. The summed E-state index contributed by atoms with van der Waals surface area (Å²) in [4.78, 5) is 23.0. The van der Waals surface area contributed by atoms with Crippen LogP contribution in [0.25, 0.3) is 0 Å². The van der Waals surface area contributed by atoms with Crippen molar-refractivity contribution >= 4 is 17.4 Å². The highest BCUT2D eigenvalue weighted by Crippen LogP contribution is 2.57. The Bertz CT molecular complexity index is 971. The van der Waals surface area contributed by atoms with Gasteiger partial charge in [-0.15, -0.1) is 0 Å². The van der Waals surface area contributed by atoms with Crippen LogP contribution in [-0.2, 0) is 23.0 Å².